The van der Waals surface area contributed by atoms with Gasteiger partial charge in [0.05, 0.1) is 0 Å². The monoisotopic (exact) mass is 264 g/mol. The Balaban J connectivity index is 2.61. The maximum absolute atomic E-state index is 11.8. The van der Waals surface area contributed by atoms with Crippen LogP contribution in [0.1, 0.15) is 37.9 Å². The smallest absolute Gasteiger partial charge is 0.410 e. The fourth-order valence-electron chi connectivity index (χ4n) is 1.72. The van der Waals surface area contributed by atoms with Gasteiger partial charge in [0.15, 0.2) is 0 Å². The molecule has 4 nitrogen and oxygen atoms in total. The Bertz CT molecular complexity index is 438. The zero-order valence-corrected chi connectivity index (χ0v) is 12.4. The molecule has 106 valence electrons. The van der Waals surface area contributed by atoms with Crippen LogP contribution in [0.4, 0.5) is 4.79 Å². The second kappa shape index (κ2) is 6.06. The summed E-state index contributed by atoms with van der Waals surface area (Å²) in [7, 11) is 1.70. The minimum absolute atomic E-state index is 0.211. The first-order valence-electron chi connectivity index (χ1n) is 6.45. The number of aryl methyl sites for hydroxylation is 1. The first-order chi connectivity index (χ1) is 8.69. The summed E-state index contributed by atoms with van der Waals surface area (Å²) in [4.78, 5) is 13.4. The lowest BCUT2D eigenvalue weighted by atomic mass is 10.1. The number of ether oxygens (including phenoxy) is 1. The molecule has 1 unspecified atom stereocenters. The number of carbonyl (C=O) groups is 1. The van der Waals surface area contributed by atoms with Gasteiger partial charge < -0.3 is 15.4 Å². The fraction of sp³-hybridized carbons (Fsp3) is 0.533. The van der Waals surface area contributed by atoms with Crippen LogP contribution in [0.2, 0.25) is 0 Å². The van der Waals surface area contributed by atoms with Crippen molar-refractivity contribution in [1.82, 2.24) is 4.90 Å². The van der Waals surface area contributed by atoms with Crippen LogP contribution in [0.5, 0.6) is 0 Å². The van der Waals surface area contributed by atoms with Gasteiger partial charge in [0.2, 0.25) is 0 Å². The van der Waals surface area contributed by atoms with Gasteiger partial charge in [-0.3, -0.25) is 0 Å². The molecule has 0 radical (unpaired) electrons. The quantitative estimate of drug-likeness (QED) is 0.913. The predicted molar refractivity (Wildman–Crippen MR) is 77.0 cm³/mol. The number of rotatable bonds is 3. The number of nitrogens with zero attached hydrogens (tertiary/aromatic N) is 1. The molecule has 0 saturated heterocycles. The Labute approximate surface area is 115 Å². The summed E-state index contributed by atoms with van der Waals surface area (Å²) < 4.78 is 5.29. The topological polar surface area (TPSA) is 55.6 Å². The van der Waals surface area contributed by atoms with Gasteiger partial charge in [-0.15, -0.1) is 0 Å². The normalized spacial score (nSPS) is 12.9. The summed E-state index contributed by atoms with van der Waals surface area (Å²) in [5.74, 6) is 0. The zero-order valence-electron chi connectivity index (χ0n) is 12.4. The molecule has 2 N–H and O–H groups in total. The van der Waals surface area contributed by atoms with Gasteiger partial charge in [0.25, 0.3) is 0 Å². The van der Waals surface area contributed by atoms with Gasteiger partial charge in [-0.1, -0.05) is 29.8 Å². The number of hydrogen-bond acceptors (Lipinski definition) is 3. The van der Waals surface area contributed by atoms with E-state index < -0.39 is 5.60 Å². The summed E-state index contributed by atoms with van der Waals surface area (Å²) in [5.41, 5.74) is 7.81. The number of hydrogen-bond donors (Lipinski definition) is 1. The standard InChI is InChI=1S/C15H24N2O2/c1-11-7-6-8-12(9-11)13(16)10-17(5)14(18)19-15(2,3)4/h6-9,13H,10,16H2,1-5H3. The first kappa shape index (κ1) is 15.5. The Morgan fingerprint density at radius 3 is 2.58 bits per heavy atom. The van der Waals surface area contributed by atoms with Crippen molar-refractivity contribution in [2.75, 3.05) is 13.6 Å². The molecule has 0 aliphatic rings. The van der Waals surface area contributed by atoms with Crippen molar-refractivity contribution in [3.05, 3.63) is 35.4 Å². The molecule has 0 saturated carbocycles. The Morgan fingerprint density at radius 2 is 2.05 bits per heavy atom. The van der Waals surface area contributed by atoms with Crippen LogP contribution in [0.3, 0.4) is 0 Å². The molecule has 0 bridgehead atoms. The Kier molecular flexibility index (Phi) is 4.95. The highest BCUT2D eigenvalue weighted by atomic mass is 16.6. The van der Waals surface area contributed by atoms with Gasteiger partial charge in [-0.25, -0.2) is 4.79 Å². The molecule has 1 atom stereocenters. The molecule has 1 aromatic rings. The van der Waals surface area contributed by atoms with E-state index >= 15 is 0 Å². The van der Waals surface area contributed by atoms with Crippen LogP contribution in [-0.4, -0.2) is 30.2 Å². The van der Waals surface area contributed by atoms with Crippen molar-refractivity contribution < 1.29 is 9.53 Å². The molecule has 0 heterocycles. The average molecular weight is 264 g/mol. The van der Waals surface area contributed by atoms with E-state index in [4.69, 9.17) is 10.5 Å². The van der Waals surface area contributed by atoms with E-state index in [0.717, 1.165) is 11.1 Å². The van der Waals surface area contributed by atoms with Crippen LogP contribution in [0, 0.1) is 6.92 Å². The third-order valence-electron chi connectivity index (χ3n) is 2.65. The van der Waals surface area contributed by atoms with Crippen molar-refractivity contribution >= 4 is 6.09 Å². The molecule has 0 fully saturated rings. The van der Waals surface area contributed by atoms with E-state index in [0.29, 0.717) is 6.54 Å². The summed E-state index contributed by atoms with van der Waals surface area (Å²) in [6.07, 6.45) is -0.351. The summed E-state index contributed by atoms with van der Waals surface area (Å²) in [6, 6.07) is 7.79. The van der Waals surface area contributed by atoms with Gasteiger partial charge in [0.1, 0.15) is 5.60 Å². The number of carbonyl (C=O) groups excluding carboxylic acids is 1. The van der Waals surface area contributed by atoms with E-state index in [1.165, 1.54) is 4.90 Å². The number of likely N-dealkylation sites (N-methyl/N-ethyl adjacent to an activating group) is 1. The lowest BCUT2D eigenvalue weighted by Crippen LogP contribution is -2.38. The van der Waals surface area contributed by atoms with Crippen LogP contribution < -0.4 is 5.73 Å². The predicted octanol–water partition coefficient (Wildman–Crippen LogP) is 2.86. The first-order valence-corrected chi connectivity index (χ1v) is 6.45. The largest absolute Gasteiger partial charge is 0.444 e. The van der Waals surface area contributed by atoms with Gasteiger partial charge >= 0.3 is 6.09 Å². The molecule has 0 aliphatic heterocycles. The van der Waals surface area contributed by atoms with Gasteiger partial charge in [-0.05, 0) is 33.3 Å². The van der Waals surface area contributed by atoms with Crippen LogP contribution >= 0.6 is 0 Å². The highest BCUT2D eigenvalue weighted by molar-refractivity contribution is 5.67. The van der Waals surface area contributed by atoms with Crippen LogP contribution in [0.25, 0.3) is 0 Å². The Hall–Kier alpha value is -1.55. The van der Waals surface area contributed by atoms with E-state index in [-0.39, 0.29) is 12.1 Å². The highest BCUT2D eigenvalue weighted by Gasteiger charge is 2.21. The minimum atomic E-state index is -0.487. The van der Waals surface area contributed by atoms with Gasteiger partial charge in [-0.2, -0.15) is 0 Å². The molecule has 0 aliphatic carbocycles. The zero-order chi connectivity index (χ0) is 14.6. The molecule has 19 heavy (non-hydrogen) atoms. The molecule has 1 aromatic carbocycles. The highest BCUT2D eigenvalue weighted by Crippen LogP contribution is 2.15. The third kappa shape index (κ3) is 5.30. The molecule has 0 aromatic heterocycles. The summed E-state index contributed by atoms with van der Waals surface area (Å²) >= 11 is 0. The maximum Gasteiger partial charge on any atom is 0.410 e. The average Bonchev–Trinajstić information content (AvgIpc) is 2.26. The number of nitrogens with two attached hydrogens (primary N) is 1. The van der Waals surface area contributed by atoms with Gasteiger partial charge in [0, 0.05) is 19.6 Å². The SMILES string of the molecule is Cc1cccc(C(N)CN(C)C(=O)OC(C)(C)C)c1. The maximum atomic E-state index is 11.8. The van der Waals surface area contributed by atoms with Crippen molar-refractivity contribution in [1.29, 1.82) is 0 Å². The van der Waals surface area contributed by atoms with E-state index in [9.17, 15) is 4.79 Å². The third-order valence-corrected chi connectivity index (χ3v) is 2.65. The second-order valence-corrected chi connectivity index (χ2v) is 5.88. The van der Waals surface area contributed by atoms with Crippen molar-refractivity contribution in [3.8, 4) is 0 Å². The van der Waals surface area contributed by atoms with Crippen LogP contribution in [-0.2, 0) is 4.74 Å². The molecule has 1 amide bonds. The Morgan fingerprint density at radius 1 is 1.42 bits per heavy atom. The second-order valence-electron chi connectivity index (χ2n) is 5.88. The lowest BCUT2D eigenvalue weighted by Gasteiger charge is -2.26. The van der Waals surface area contributed by atoms with Crippen molar-refractivity contribution in [2.45, 2.75) is 39.3 Å². The summed E-state index contributed by atoms with van der Waals surface area (Å²) in [5, 5.41) is 0. The van der Waals surface area contributed by atoms with Crippen molar-refractivity contribution in [3.63, 3.8) is 0 Å². The molecular formula is C15H24N2O2. The van der Waals surface area contributed by atoms with E-state index in [2.05, 4.69) is 0 Å². The van der Waals surface area contributed by atoms with Crippen molar-refractivity contribution in [2.24, 2.45) is 5.73 Å². The molecule has 1 rings (SSSR count). The fourth-order valence-corrected chi connectivity index (χ4v) is 1.72. The molecule has 4 heteroatoms. The molecule has 0 spiro atoms. The van der Waals surface area contributed by atoms with Crippen LogP contribution in [0.15, 0.2) is 24.3 Å². The summed E-state index contributed by atoms with van der Waals surface area (Å²) in [6.45, 7) is 7.99. The lowest BCUT2D eigenvalue weighted by molar-refractivity contribution is 0.0289. The number of amides is 1. The number of benzene rings is 1. The minimum Gasteiger partial charge on any atom is -0.444 e. The molecular weight excluding hydrogens is 240 g/mol. The van der Waals surface area contributed by atoms with E-state index in [1.807, 2.05) is 52.0 Å². The van der Waals surface area contributed by atoms with E-state index in [1.54, 1.807) is 7.05 Å².